The Morgan fingerprint density at radius 3 is 2.89 bits per heavy atom. The van der Waals surface area contributed by atoms with Gasteiger partial charge in [0, 0.05) is 12.1 Å². The Morgan fingerprint density at radius 1 is 1.53 bits per heavy atom. The highest BCUT2D eigenvalue weighted by molar-refractivity contribution is 6.00. The third-order valence-electron chi connectivity index (χ3n) is 3.37. The number of nitro groups is 1. The minimum atomic E-state index is -0.547. The van der Waals surface area contributed by atoms with Gasteiger partial charge in [-0.25, -0.2) is 0 Å². The van der Waals surface area contributed by atoms with E-state index in [1.165, 1.54) is 11.0 Å². The van der Waals surface area contributed by atoms with Gasteiger partial charge in [-0.15, -0.1) is 0 Å². The largest absolute Gasteiger partial charge is 0.329 e. The molecule has 0 radical (unpaired) electrons. The van der Waals surface area contributed by atoms with Crippen molar-refractivity contribution in [3.05, 3.63) is 39.4 Å². The smallest absolute Gasteiger partial charge is 0.285 e. The van der Waals surface area contributed by atoms with Crippen molar-refractivity contribution in [2.24, 2.45) is 0 Å². The summed E-state index contributed by atoms with van der Waals surface area (Å²) in [5.74, 6) is -0.440. The van der Waals surface area contributed by atoms with Crippen LogP contribution in [-0.4, -0.2) is 34.6 Å². The van der Waals surface area contributed by atoms with Crippen molar-refractivity contribution in [3.63, 3.8) is 0 Å². The molecular weight excluding hydrogens is 248 g/mol. The Hall–Kier alpha value is -2.24. The summed E-state index contributed by atoms with van der Waals surface area (Å²) in [6, 6.07) is 4.18. The lowest BCUT2D eigenvalue weighted by Gasteiger charge is -2.20. The number of likely N-dealkylation sites (tertiary alicyclic amines) is 1. The highest BCUT2D eigenvalue weighted by Crippen LogP contribution is 2.27. The van der Waals surface area contributed by atoms with Crippen LogP contribution < -0.4 is 0 Å². The highest BCUT2D eigenvalue weighted by atomic mass is 16.6. The second-order valence-corrected chi connectivity index (χ2v) is 4.57. The van der Waals surface area contributed by atoms with Crippen molar-refractivity contribution in [2.75, 3.05) is 6.54 Å². The first-order chi connectivity index (χ1) is 9.06. The molecule has 0 N–H and O–H groups in total. The molecule has 1 aromatic rings. The van der Waals surface area contributed by atoms with E-state index >= 15 is 0 Å². The summed E-state index contributed by atoms with van der Waals surface area (Å²) in [5.41, 5.74) is 0.320. The van der Waals surface area contributed by atoms with Gasteiger partial charge in [-0.05, 0) is 25.8 Å². The topological polar surface area (TPSA) is 80.5 Å². The molecule has 2 rings (SSSR count). The zero-order valence-electron chi connectivity index (χ0n) is 10.5. The Balaban J connectivity index is 2.42. The first kappa shape index (κ1) is 13.2. The van der Waals surface area contributed by atoms with Crippen molar-refractivity contribution >= 4 is 17.9 Å². The summed E-state index contributed by atoms with van der Waals surface area (Å²) in [6.07, 6.45) is 2.09. The summed E-state index contributed by atoms with van der Waals surface area (Å²) < 4.78 is 0. The SMILES string of the molecule is Cc1cccc(C(=O)N2CCC[C@H]2C=O)c1[N+](=O)[O-]. The van der Waals surface area contributed by atoms with Crippen molar-refractivity contribution in [1.82, 2.24) is 4.90 Å². The van der Waals surface area contributed by atoms with Crippen LogP contribution in [0.25, 0.3) is 0 Å². The summed E-state index contributed by atoms with van der Waals surface area (Å²) >= 11 is 0. The van der Waals surface area contributed by atoms with Gasteiger partial charge in [0.2, 0.25) is 0 Å². The van der Waals surface area contributed by atoms with Crippen molar-refractivity contribution < 1.29 is 14.5 Å². The molecule has 1 saturated heterocycles. The van der Waals surface area contributed by atoms with Gasteiger partial charge >= 0.3 is 0 Å². The number of amides is 1. The van der Waals surface area contributed by atoms with Crippen molar-refractivity contribution in [2.45, 2.75) is 25.8 Å². The molecule has 1 fully saturated rings. The number of carbonyl (C=O) groups excluding carboxylic acids is 2. The van der Waals surface area contributed by atoms with E-state index < -0.39 is 16.9 Å². The maximum atomic E-state index is 12.4. The van der Waals surface area contributed by atoms with Gasteiger partial charge in [0.1, 0.15) is 11.8 Å². The zero-order valence-corrected chi connectivity index (χ0v) is 10.5. The molecule has 1 aliphatic rings. The molecule has 1 aromatic carbocycles. The molecule has 0 unspecified atom stereocenters. The van der Waals surface area contributed by atoms with E-state index in [-0.39, 0.29) is 11.3 Å². The summed E-state index contributed by atoms with van der Waals surface area (Å²) in [7, 11) is 0. The van der Waals surface area contributed by atoms with Gasteiger partial charge in [-0.2, -0.15) is 0 Å². The van der Waals surface area contributed by atoms with Crippen molar-refractivity contribution in [3.8, 4) is 0 Å². The number of nitrogens with zero attached hydrogens (tertiary/aromatic N) is 2. The number of benzene rings is 1. The molecule has 6 heteroatoms. The van der Waals surface area contributed by atoms with Crippen LogP contribution in [0.3, 0.4) is 0 Å². The number of hydrogen-bond acceptors (Lipinski definition) is 4. The third kappa shape index (κ3) is 2.33. The maximum absolute atomic E-state index is 12.4. The first-order valence-corrected chi connectivity index (χ1v) is 6.06. The predicted octanol–water partition coefficient (Wildman–Crippen LogP) is 1.71. The molecule has 1 aliphatic heterocycles. The molecule has 0 spiro atoms. The average Bonchev–Trinajstić information content (AvgIpc) is 2.85. The van der Waals surface area contributed by atoms with Gasteiger partial charge in [0.25, 0.3) is 11.6 Å². The quantitative estimate of drug-likeness (QED) is 0.471. The lowest BCUT2D eigenvalue weighted by Crippen LogP contribution is -2.36. The van der Waals surface area contributed by atoms with E-state index in [0.717, 1.165) is 12.7 Å². The van der Waals surface area contributed by atoms with Crippen LogP contribution in [-0.2, 0) is 4.79 Å². The fraction of sp³-hybridized carbons (Fsp3) is 0.385. The lowest BCUT2D eigenvalue weighted by atomic mass is 10.1. The second-order valence-electron chi connectivity index (χ2n) is 4.57. The minimum Gasteiger partial charge on any atom is -0.329 e. The first-order valence-electron chi connectivity index (χ1n) is 6.06. The molecule has 0 saturated carbocycles. The second kappa shape index (κ2) is 5.17. The van der Waals surface area contributed by atoms with Crippen LogP contribution in [0.1, 0.15) is 28.8 Å². The van der Waals surface area contributed by atoms with Gasteiger partial charge in [-0.1, -0.05) is 12.1 Å². The molecule has 1 heterocycles. The van der Waals surface area contributed by atoms with Gasteiger partial charge in [0.05, 0.1) is 11.0 Å². The van der Waals surface area contributed by atoms with Crippen LogP contribution in [0, 0.1) is 17.0 Å². The highest BCUT2D eigenvalue weighted by Gasteiger charge is 2.33. The number of hydrogen-bond donors (Lipinski definition) is 0. The Labute approximate surface area is 110 Å². The number of carbonyl (C=O) groups is 2. The van der Waals surface area contributed by atoms with Gasteiger partial charge in [-0.3, -0.25) is 14.9 Å². The molecule has 6 nitrogen and oxygen atoms in total. The fourth-order valence-electron chi connectivity index (χ4n) is 2.41. The van der Waals surface area contributed by atoms with Crippen molar-refractivity contribution in [1.29, 1.82) is 0 Å². The molecule has 100 valence electrons. The monoisotopic (exact) mass is 262 g/mol. The number of nitro benzene ring substituents is 1. The average molecular weight is 262 g/mol. The molecule has 19 heavy (non-hydrogen) atoms. The zero-order chi connectivity index (χ0) is 14.0. The third-order valence-corrected chi connectivity index (χ3v) is 3.37. The normalized spacial score (nSPS) is 18.4. The van der Waals surface area contributed by atoms with Crippen LogP contribution in [0.5, 0.6) is 0 Å². The van der Waals surface area contributed by atoms with Gasteiger partial charge < -0.3 is 9.69 Å². The van der Waals surface area contributed by atoms with E-state index in [4.69, 9.17) is 0 Å². The summed E-state index contributed by atoms with van der Waals surface area (Å²) in [4.78, 5) is 35.2. The van der Waals surface area contributed by atoms with Crippen LogP contribution >= 0.6 is 0 Å². The molecule has 0 aromatic heterocycles. The maximum Gasteiger partial charge on any atom is 0.285 e. The Bertz CT molecular complexity index is 541. The number of aryl methyl sites for hydroxylation is 1. The predicted molar refractivity (Wildman–Crippen MR) is 68.0 cm³/mol. The van der Waals surface area contributed by atoms with E-state index in [9.17, 15) is 19.7 Å². The number of aldehydes is 1. The molecular formula is C13H14N2O4. The summed E-state index contributed by atoms with van der Waals surface area (Å²) in [5, 5.41) is 11.1. The fourth-order valence-corrected chi connectivity index (χ4v) is 2.41. The molecule has 1 amide bonds. The van der Waals surface area contributed by atoms with E-state index in [0.29, 0.717) is 18.5 Å². The molecule has 1 atom stereocenters. The standard InChI is InChI=1S/C13H14N2O4/c1-9-4-2-6-11(12(9)15(18)19)13(17)14-7-3-5-10(14)8-16/h2,4,6,8,10H,3,5,7H2,1H3/t10-/m0/s1. The number of rotatable bonds is 3. The van der Waals surface area contributed by atoms with Crippen LogP contribution in [0.2, 0.25) is 0 Å². The molecule has 0 aliphatic carbocycles. The van der Waals surface area contributed by atoms with E-state index in [2.05, 4.69) is 0 Å². The van der Waals surface area contributed by atoms with E-state index in [1.54, 1.807) is 19.1 Å². The lowest BCUT2D eigenvalue weighted by molar-refractivity contribution is -0.385. The Morgan fingerprint density at radius 2 is 2.26 bits per heavy atom. The Kier molecular flexibility index (Phi) is 3.59. The van der Waals surface area contributed by atoms with E-state index in [1.807, 2.05) is 0 Å². The molecule has 0 bridgehead atoms. The number of para-hydroxylation sites is 1. The van der Waals surface area contributed by atoms with Gasteiger partial charge in [0.15, 0.2) is 0 Å². The van der Waals surface area contributed by atoms with Crippen LogP contribution in [0.4, 0.5) is 5.69 Å². The van der Waals surface area contributed by atoms with Crippen LogP contribution in [0.15, 0.2) is 18.2 Å². The summed E-state index contributed by atoms with van der Waals surface area (Å²) in [6.45, 7) is 2.06. The minimum absolute atomic E-state index is 0.0544.